The van der Waals surface area contributed by atoms with E-state index in [1.165, 1.54) is 0 Å². The second kappa shape index (κ2) is 26.3. The summed E-state index contributed by atoms with van der Waals surface area (Å²) in [5, 5.41) is 10.6. The van der Waals surface area contributed by atoms with Crippen molar-refractivity contribution in [3.05, 3.63) is 144 Å². The van der Waals surface area contributed by atoms with Crippen LogP contribution in [0.4, 0.5) is 0 Å². The third-order valence-electron chi connectivity index (χ3n) is 12.8. The van der Waals surface area contributed by atoms with Crippen LogP contribution in [0.5, 0.6) is 23.0 Å². The highest BCUT2D eigenvalue weighted by Crippen LogP contribution is 2.41. The molecule has 2 aliphatic rings. The number of fused-ring (bicyclic) bond motifs is 8. The fourth-order valence-electron chi connectivity index (χ4n) is 9.50. The molecule has 0 amide bonds. The van der Waals surface area contributed by atoms with Crippen LogP contribution < -0.4 is 18.9 Å². The molecule has 0 spiro atoms. The summed E-state index contributed by atoms with van der Waals surface area (Å²) in [4.78, 5) is 80.9. The number of carboxylic acid groups (broad SMARTS) is 1. The molecule has 7 aromatic rings. The molecule has 0 fully saturated rings. The smallest absolute Gasteiger partial charge is 0.344 e. The number of benzene rings is 4. The van der Waals surface area contributed by atoms with Crippen LogP contribution in [0.3, 0.4) is 0 Å². The van der Waals surface area contributed by atoms with Crippen LogP contribution >= 0.6 is 0 Å². The van der Waals surface area contributed by atoms with E-state index in [4.69, 9.17) is 47.9 Å². The van der Waals surface area contributed by atoms with Gasteiger partial charge in [-0.05, 0) is 174 Å². The maximum atomic E-state index is 13.0. The Morgan fingerprint density at radius 1 is 0.393 bits per heavy atom. The van der Waals surface area contributed by atoms with Crippen LogP contribution in [-0.2, 0) is 49.3 Å². The summed E-state index contributed by atoms with van der Waals surface area (Å²) in [5.41, 5.74) is 10.2. The number of carbonyl (C=O) groups excluding carboxylic acids is 4. The summed E-state index contributed by atoms with van der Waals surface area (Å²) in [6.45, 7) is 12.9. The quantitative estimate of drug-likeness (QED) is 0.0422. The molecule has 4 aromatic carbocycles. The first-order valence-corrected chi connectivity index (χ1v) is 27.5. The number of aromatic amines is 2. The average Bonchev–Trinajstić information content (AvgIpc) is 2.46. The van der Waals surface area contributed by atoms with Gasteiger partial charge in [-0.3, -0.25) is 4.79 Å². The van der Waals surface area contributed by atoms with Gasteiger partial charge in [0.2, 0.25) is 0 Å². The summed E-state index contributed by atoms with van der Waals surface area (Å²) in [5.74, 6) is -1.43. The molecule has 3 aromatic heterocycles. The SMILES string of the molecule is CC(C)OC(=O)COc1ccc(-c2c3nc(c(-c4ccc(OCC(=O)OC(C)C)cc4)c4cc(CC(=O)O)c([nH]4)c(-c4ccc(OCC(=O)OC(C)C)cc4)c4nc(c(-c5ccc(OCC(=O)OC(C)C)cc5)c5ccc2[nH]5)C=C4)C=C3)cc1. The highest BCUT2D eigenvalue weighted by atomic mass is 16.6. The Morgan fingerprint density at radius 3 is 0.976 bits per heavy atom. The van der Waals surface area contributed by atoms with Crippen molar-refractivity contribution in [2.24, 2.45) is 0 Å². The molecular formula is C66H64N4O14. The molecule has 18 nitrogen and oxygen atoms in total. The lowest BCUT2D eigenvalue weighted by Gasteiger charge is -2.11. The van der Waals surface area contributed by atoms with Gasteiger partial charge < -0.3 is 53.0 Å². The molecule has 0 saturated carbocycles. The number of nitrogens with zero attached hydrogens (tertiary/aromatic N) is 2. The molecule has 3 N–H and O–H groups in total. The van der Waals surface area contributed by atoms with Crippen molar-refractivity contribution in [2.45, 2.75) is 86.2 Å². The molecule has 0 radical (unpaired) electrons. The number of H-pyrrole nitrogens is 2. The van der Waals surface area contributed by atoms with E-state index in [0.717, 1.165) is 11.1 Å². The molecular weight excluding hydrogens is 1070 g/mol. The van der Waals surface area contributed by atoms with Gasteiger partial charge in [-0.25, -0.2) is 29.1 Å². The van der Waals surface area contributed by atoms with Gasteiger partial charge in [0, 0.05) is 38.8 Å². The van der Waals surface area contributed by atoms with Crippen molar-refractivity contribution in [1.29, 1.82) is 0 Å². The number of hydrogen-bond donors (Lipinski definition) is 3. The fourth-order valence-corrected chi connectivity index (χ4v) is 9.50. The lowest BCUT2D eigenvalue weighted by molar-refractivity contribution is -0.150. The van der Waals surface area contributed by atoms with E-state index in [9.17, 15) is 29.1 Å². The Labute approximate surface area is 485 Å². The van der Waals surface area contributed by atoms with Gasteiger partial charge in [-0.1, -0.05) is 48.5 Å². The molecule has 0 saturated heterocycles. The Balaban J connectivity index is 1.31. The van der Waals surface area contributed by atoms with E-state index in [0.29, 0.717) is 107 Å². The fraction of sp³-hybridized carbons (Fsp3) is 0.258. The average molecular weight is 1140 g/mol. The first-order chi connectivity index (χ1) is 40.3. The van der Waals surface area contributed by atoms with Crippen molar-refractivity contribution in [2.75, 3.05) is 26.4 Å². The number of carbonyl (C=O) groups is 5. The molecule has 9 rings (SSSR count). The van der Waals surface area contributed by atoms with Gasteiger partial charge in [-0.15, -0.1) is 0 Å². The van der Waals surface area contributed by atoms with E-state index in [2.05, 4.69) is 9.97 Å². The number of aromatic nitrogens is 4. The Bertz CT molecular complexity index is 3820. The van der Waals surface area contributed by atoms with Gasteiger partial charge in [0.15, 0.2) is 26.4 Å². The molecule has 84 heavy (non-hydrogen) atoms. The number of nitrogens with one attached hydrogen (secondary N) is 2. The van der Waals surface area contributed by atoms with Crippen LogP contribution in [0.1, 0.15) is 83.7 Å². The lowest BCUT2D eigenvalue weighted by Crippen LogP contribution is -2.18. The van der Waals surface area contributed by atoms with Gasteiger partial charge >= 0.3 is 29.8 Å². The van der Waals surface area contributed by atoms with Gasteiger partial charge in [0.1, 0.15) is 23.0 Å². The largest absolute Gasteiger partial charge is 0.482 e. The molecule has 0 unspecified atom stereocenters. The van der Waals surface area contributed by atoms with E-state index < -0.39 is 36.3 Å². The third kappa shape index (κ3) is 14.7. The van der Waals surface area contributed by atoms with Crippen LogP contribution in [0, 0.1) is 0 Å². The monoisotopic (exact) mass is 1140 g/mol. The Hall–Kier alpha value is -9.97. The summed E-state index contributed by atoms with van der Waals surface area (Å²) in [7, 11) is 0. The molecule has 2 aliphatic heterocycles. The first kappa shape index (κ1) is 58.7. The summed E-state index contributed by atoms with van der Waals surface area (Å²) >= 11 is 0. The second-order valence-electron chi connectivity index (χ2n) is 20.8. The molecule has 432 valence electrons. The van der Waals surface area contributed by atoms with Crippen LogP contribution in [0.2, 0.25) is 0 Å². The topological polar surface area (TPSA) is 237 Å². The summed E-state index contributed by atoms with van der Waals surface area (Å²) in [6.07, 6.45) is 5.93. The van der Waals surface area contributed by atoms with Gasteiger partial charge in [0.25, 0.3) is 0 Å². The summed E-state index contributed by atoms with van der Waals surface area (Å²) in [6, 6.07) is 34.5. The number of esters is 4. The molecule has 5 heterocycles. The lowest BCUT2D eigenvalue weighted by atomic mass is 10.0. The number of hydrogen-bond acceptors (Lipinski definition) is 15. The maximum Gasteiger partial charge on any atom is 0.344 e. The summed E-state index contributed by atoms with van der Waals surface area (Å²) < 4.78 is 44.5. The van der Waals surface area contributed by atoms with Crippen molar-refractivity contribution in [3.63, 3.8) is 0 Å². The molecule has 8 bridgehead atoms. The predicted octanol–water partition coefficient (Wildman–Crippen LogP) is 12.3. The van der Waals surface area contributed by atoms with Crippen molar-refractivity contribution >= 4 is 76.2 Å². The number of ether oxygens (including phenoxy) is 8. The minimum atomic E-state index is -1.08. The zero-order valence-corrected chi connectivity index (χ0v) is 47.8. The Morgan fingerprint density at radius 2 is 0.679 bits per heavy atom. The zero-order valence-electron chi connectivity index (χ0n) is 47.8. The van der Waals surface area contributed by atoms with E-state index in [-0.39, 0.29) is 50.8 Å². The standard InChI is InChI=1S/C66H64N4O14/c1-37(2)81-58(73)33-77-46-17-9-41(10-18-46)62-50-25-26-51(67-50)63(42-11-19-47(20-12-42)78-34-59(74)82-38(3)4)53-29-30-55(69-53)65(44-15-23-49(24-16-44)80-36-61(76)84-40(7)8)66-45(32-57(71)72)31-56(70-66)64(54-28-27-52(62)68-54)43-13-21-48(22-14-43)79-35-60(75)83-39(5)6/h9-31,37-40,67,70H,32-36H2,1-8H3,(H,71,72). The van der Waals surface area contributed by atoms with Gasteiger partial charge in [-0.2, -0.15) is 0 Å². The minimum absolute atomic E-state index is 0.278. The maximum absolute atomic E-state index is 13.0. The number of carboxylic acids is 1. The van der Waals surface area contributed by atoms with E-state index >= 15 is 0 Å². The normalized spacial score (nSPS) is 11.7. The molecule has 0 atom stereocenters. The zero-order chi connectivity index (χ0) is 59.6. The van der Waals surface area contributed by atoms with Crippen LogP contribution in [0.15, 0.2) is 115 Å². The third-order valence-corrected chi connectivity index (χ3v) is 12.8. The van der Waals surface area contributed by atoms with E-state index in [1.807, 2.05) is 85.0 Å². The first-order valence-electron chi connectivity index (χ1n) is 27.5. The minimum Gasteiger partial charge on any atom is -0.482 e. The van der Waals surface area contributed by atoms with Crippen LogP contribution in [0.25, 0.3) is 90.9 Å². The van der Waals surface area contributed by atoms with Crippen molar-refractivity contribution in [3.8, 4) is 67.5 Å². The van der Waals surface area contributed by atoms with Crippen LogP contribution in [-0.4, -0.2) is 106 Å². The van der Waals surface area contributed by atoms with Crippen molar-refractivity contribution < 1.29 is 67.0 Å². The van der Waals surface area contributed by atoms with E-state index in [1.54, 1.807) is 110 Å². The van der Waals surface area contributed by atoms with Crippen molar-refractivity contribution in [1.82, 2.24) is 19.9 Å². The highest BCUT2D eigenvalue weighted by Gasteiger charge is 2.23. The highest BCUT2D eigenvalue weighted by molar-refractivity contribution is 6.01. The molecule has 18 heteroatoms. The van der Waals surface area contributed by atoms with Gasteiger partial charge in [0.05, 0.1) is 59.1 Å². The number of aliphatic carboxylic acids is 1. The number of rotatable bonds is 22. The second-order valence-corrected chi connectivity index (χ2v) is 20.8. The molecule has 0 aliphatic carbocycles. The Kier molecular flexibility index (Phi) is 18.4. The predicted molar refractivity (Wildman–Crippen MR) is 319 cm³/mol.